The summed E-state index contributed by atoms with van der Waals surface area (Å²) in [5.41, 5.74) is 0.507. The summed E-state index contributed by atoms with van der Waals surface area (Å²) in [5.74, 6) is -0.302. The van der Waals surface area contributed by atoms with Crippen LogP contribution in [0, 0.1) is 0 Å². The zero-order valence-corrected chi connectivity index (χ0v) is 8.76. The van der Waals surface area contributed by atoms with Crippen molar-refractivity contribution >= 4 is 18.1 Å². The van der Waals surface area contributed by atoms with Crippen molar-refractivity contribution in [1.29, 1.82) is 0 Å². The van der Waals surface area contributed by atoms with Gasteiger partial charge in [-0.05, 0) is 32.1 Å². The van der Waals surface area contributed by atoms with E-state index in [0.717, 1.165) is 10.6 Å². The van der Waals surface area contributed by atoms with E-state index in [2.05, 4.69) is 4.98 Å². The predicted molar refractivity (Wildman–Crippen MR) is 56.3 cm³/mol. The molecular formula is C11H15NO2. The van der Waals surface area contributed by atoms with Gasteiger partial charge in [0, 0.05) is 5.35 Å². The van der Waals surface area contributed by atoms with E-state index in [1.54, 1.807) is 13.0 Å². The number of esters is 1. The molecule has 14 heavy (non-hydrogen) atoms. The summed E-state index contributed by atoms with van der Waals surface area (Å²) < 4.78 is 4.89. The molecule has 0 spiro atoms. The number of rotatable bonds is 2. The fourth-order valence-electron chi connectivity index (χ4n) is 1.28. The molecule has 0 aliphatic rings. The molecule has 0 aromatic carbocycles. The average Bonchev–Trinajstić information content (AvgIpc) is 2.61. The first kappa shape index (κ1) is 10.6. The molecule has 0 aliphatic heterocycles. The quantitative estimate of drug-likeness (QED) is 0.706. The van der Waals surface area contributed by atoms with Gasteiger partial charge in [-0.15, -0.1) is 0 Å². The van der Waals surface area contributed by atoms with E-state index in [0.29, 0.717) is 12.3 Å². The average molecular weight is 193 g/mol. The minimum absolute atomic E-state index is 0.302. The van der Waals surface area contributed by atoms with Crippen LogP contribution in [-0.2, 0) is 4.74 Å². The number of H-pyrrole nitrogens is 1. The normalized spacial score (nSPS) is 13.4. The molecule has 0 radical (unpaired) electrons. The van der Waals surface area contributed by atoms with Crippen molar-refractivity contribution < 1.29 is 9.53 Å². The van der Waals surface area contributed by atoms with Crippen LogP contribution in [0.2, 0.25) is 0 Å². The predicted octanol–water partition coefficient (Wildman–Crippen LogP) is 0.792. The zero-order valence-electron chi connectivity index (χ0n) is 8.76. The Bertz CT molecular complexity index is 397. The Morgan fingerprint density at radius 2 is 2.21 bits per heavy atom. The summed E-state index contributed by atoms with van der Waals surface area (Å²) in [4.78, 5) is 14.4. The molecule has 0 aliphatic carbocycles. The molecule has 0 bridgehead atoms. The number of ether oxygens (including phenoxy) is 1. The zero-order chi connectivity index (χ0) is 10.6. The molecule has 1 rings (SSSR count). The van der Waals surface area contributed by atoms with E-state index in [4.69, 9.17) is 4.74 Å². The second kappa shape index (κ2) is 4.65. The van der Waals surface area contributed by atoms with E-state index < -0.39 is 0 Å². The van der Waals surface area contributed by atoms with Gasteiger partial charge >= 0.3 is 5.97 Å². The Labute approximate surface area is 83.1 Å². The summed E-state index contributed by atoms with van der Waals surface area (Å²) >= 11 is 0. The van der Waals surface area contributed by atoms with Crippen LogP contribution in [0.15, 0.2) is 6.07 Å². The highest BCUT2D eigenvalue weighted by atomic mass is 16.5. The number of hydrogen-bond acceptors (Lipinski definition) is 2. The number of aromatic amines is 1. The van der Waals surface area contributed by atoms with Crippen molar-refractivity contribution in [3.8, 4) is 0 Å². The van der Waals surface area contributed by atoms with Gasteiger partial charge in [0.15, 0.2) is 0 Å². The Kier molecular flexibility index (Phi) is 3.51. The molecule has 0 fully saturated rings. The van der Waals surface area contributed by atoms with E-state index in [9.17, 15) is 4.79 Å². The first-order valence-corrected chi connectivity index (χ1v) is 4.71. The molecule has 0 unspecified atom stereocenters. The molecular weight excluding hydrogens is 178 g/mol. The number of aromatic nitrogens is 1. The summed E-state index contributed by atoms with van der Waals surface area (Å²) in [6, 6.07) is 1.80. The molecule has 1 N–H and O–H groups in total. The third kappa shape index (κ3) is 2.05. The molecule has 1 aromatic heterocycles. The van der Waals surface area contributed by atoms with Gasteiger partial charge in [-0.1, -0.05) is 12.2 Å². The monoisotopic (exact) mass is 193 g/mol. The Hall–Kier alpha value is -1.51. The van der Waals surface area contributed by atoms with E-state index in [-0.39, 0.29) is 5.97 Å². The van der Waals surface area contributed by atoms with Crippen LogP contribution >= 0.6 is 0 Å². The fraction of sp³-hybridized carbons (Fsp3) is 0.364. The van der Waals surface area contributed by atoms with E-state index in [1.807, 2.05) is 26.0 Å². The maximum absolute atomic E-state index is 11.4. The Morgan fingerprint density at radius 1 is 1.50 bits per heavy atom. The molecule has 0 saturated carbocycles. The number of nitrogens with one attached hydrogen (secondary N) is 1. The summed E-state index contributed by atoms with van der Waals surface area (Å²) in [6.07, 6.45) is 3.88. The first-order chi connectivity index (χ1) is 6.72. The third-order valence-electron chi connectivity index (χ3n) is 1.98. The number of carbonyl (C=O) groups is 1. The highest BCUT2D eigenvalue weighted by molar-refractivity contribution is 5.87. The smallest absolute Gasteiger partial charge is 0.354 e. The fourth-order valence-corrected chi connectivity index (χ4v) is 1.28. The van der Waals surface area contributed by atoms with Crippen molar-refractivity contribution in [1.82, 2.24) is 4.98 Å². The van der Waals surface area contributed by atoms with Gasteiger partial charge in [0.1, 0.15) is 5.69 Å². The van der Waals surface area contributed by atoms with Crippen LogP contribution in [0.5, 0.6) is 0 Å². The van der Waals surface area contributed by atoms with Crippen molar-refractivity contribution in [2.24, 2.45) is 0 Å². The van der Waals surface area contributed by atoms with Crippen LogP contribution in [0.25, 0.3) is 12.2 Å². The van der Waals surface area contributed by atoms with Gasteiger partial charge in [0.2, 0.25) is 0 Å². The van der Waals surface area contributed by atoms with Gasteiger partial charge < -0.3 is 9.72 Å². The minimum Gasteiger partial charge on any atom is -0.461 e. The van der Waals surface area contributed by atoms with Gasteiger partial charge in [0.05, 0.1) is 6.61 Å². The van der Waals surface area contributed by atoms with Gasteiger partial charge in [-0.3, -0.25) is 0 Å². The molecule has 1 heterocycles. The van der Waals surface area contributed by atoms with Crippen LogP contribution in [0.1, 0.15) is 31.3 Å². The summed E-state index contributed by atoms with van der Waals surface area (Å²) in [6.45, 7) is 6.05. The lowest BCUT2D eigenvalue weighted by Gasteiger charge is -1.96. The van der Waals surface area contributed by atoms with Crippen LogP contribution in [-0.4, -0.2) is 17.6 Å². The summed E-state index contributed by atoms with van der Waals surface area (Å²) in [5, 5.41) is 1.98. The number of carbonyl (C=O) groups excluding carboxylic acids is 1. The van der Waals surface area contributed by atoms with Crippen molar-refractivity contribution in [3.63, 3.8) is 0 Å². The highest BCUT2D eigenvalue weighted by Crippen LogP contribution is 1.91. The van der Waals surface area contributed by atoms with Crippen LogP contribution < -0.4 is 10.6 Å². The Morgan fingerprint density at radius 3 is 2.64 bits per heavy atom. The van der Waals surface area contributed by atoms with E-state index >= 15 is 0 Å². The molecule has 3 nitrogen and oxygen atoms in total. The van der Waals surface area contributed by atoms with Crippen molar-refractivity contribution in [3.05, 3.63) is 22.3 Å². The third-order valence-corrected chi connectivity index (χ3v) is 1.98. The second-order valence-electron chi connectivity index (χ2n) is 2.85. The maximum Gasteiger partial charge on any atom is 0.354 e. The molecule has 0 saturated heterocycles. The van der Waals surface area contributed by atoms with Crippen molar-refractivity contribution in [2.45, 2.75) is 20.8 Å². The maximum atomic E-state index is 11.4. The van der Waals surface area contributed by atoms with Gasteiger partial charge in [-0.2, -0.15) is 0 Å². The summed E-state index contributed by atoms with van der Waals surface area (Å²) in [7, 11) is 0. The van der Waals surface area contributed by atoms with Gasteiger partial charge in [0.25, 0.3) is 0 Å². The lowest BCUT2D eigenvalue weighted by molar-refractivity contribution is 0.0520. The second-order valence-corrected chi connectivity index (χ2v) is 2.85. The topological polar surface area (TPSA) is 42.1 Å². The van der Waals surface area contributed by atoms with Gasteiger partial charge in [-0.25, -0.2) is 4.79 Å². The molecule has 3 heteroatoms. The van der Waals surface area contributed by atoms with Crippen molar-refractivity contribution in [2.75, 3.05) is 6.61 Å². The molecule has 1 aromatic rings. The highest BCUT2D eigenvalue weighted by Gasteiger charge is 2.07. The standard InChI is InChI=1S/C11H15NO2/c1-4-8-7-10(11(13)14-6-3)12-9(8)5-2/h4-5,7,12H,6H2,1-3H3/b8-4-,9-5+. The molecule has 0 atom stereocenters. The van der Waals surface area contributed by atoms with Crippen LogP contribution in [0.3, 0.4) is 0 Å². The SMILES string of the molecule is C/C=c1/cc(C(=O)OCC)[nH]/c1=C/C. The van der Waals surface area contributed by atoms with E-state index in [1.165, 1.54) is 0 Å². The minimum atomic E-state index is -0.302. The molecule has 0 amide bonds. The Balaban J connectivity index is 3.15. The lowest BCUT2D eigenvalue weighted by Crippen LogP contribution is -2.20. The lowest BCUT2D eigenvalue weighted by atomic mass is 10.3. The number of hydrogen-bond donors (Lipinski definition) is 1. The van der Waals surface area contributed by atoms with Crippen LogP contribution in [0.4, 0.5) is 0 Å². The largest absolute Gasteiger partial charge is 0.461 e. The molecule has 76 valence electrons. The first-order valence-electron chi connectivity index (χ1n) is 4.71.